The molecule has 3 aromatic heterocycles. The van der Waals surface area contributed by atoms with Crippen molar-refractivity contribution in [2.45, 2.75) is 18.9 Å². The first kappa shape index (κ1) is 14.1. The molecule has 1 aliphatic heterocycles. The Labute approximate surface area is 135 Å². The summed E-state index contributed by atoms with van der Waals surface area (Å²) in [6.45, 7) is 1.22. The van der Waals surface area contributed by atoms with Gasteiger partial charge in [0.25, 0.3) is 11.5 Å². The fourth-order valence-corrected chi connectivity index (χ4v) is 3.67. The maximum Gasteiger partial charge on any atom is 0.271 e. The second-order valence-electron chi connectivity index (χ2n) is 5.57. The van der Waals surface area contributed by atoms with Crippen molar-refractivity contribution in [1.29, 1.82) is 0 Å². The Bertz CT molecular complexity index is 898. The molecule has 0 spiro atoms. The molecule has 1 aliphatic rings. The molecule has 118 valence electrons. The fraction of sp³-hybridized carbons (Fsp3) is 0.333. The Hall–Kier alpha value is -2.48. The summed E-state index contributed by atoms with van der Waals surface area (Å²) in [4.78, 5) is 31.7. The number of rotatable bonds is 2. The Kier molecular flexibility index (Phi) is 3.45. The highest BCUT2D eigenvalue weighted by molar-refractivity contribution is 7.15. The van der Waals surface area contributed by atoms with E-state index in [1.807, 2.05) is 16.9 Å². The molecule has 0 unspecified atom stereocenters. The van der Waals surface area contributed by atoms with Gasteiger partial charge in [-0.05, 0) is 18.9 Å². The van der Waals surface area contributed by atoms with Gasteiger partial charge in [-0.1, -0.05) is 0 Å². The molecular formula is C15H15N5O2S. The molecule has 0 bridgehead atoms. The van der Waals surface area contributed by atoms with Gasteiger partial charge in [-0.15, -0.1) is 11.3 Å². The topological polar surface area (TPSA) is 72.5 Å². The van der Waals surface area contributed by atoms with Gasteiger partial charge in [0, 0.05) is 43.3 Å². The highest BCUT2D eigenvalue weighted by Crippen LogP contribution is 2.21. The van der Waals surface area contributed by atoms with E-state index in [2.05, 4.69) is 10.1 Å². The molecule has 0 saturated carbocycles. The lowest BCUT2D eigenvalue weighted by Crippen LogP contribution is -2.43. The standard InChI is InChI=1S/C15H15N5O2S/c21-13(12-9-16-15-19(14(12)22)7-8-23-15)18-5-1-3-11(10-18)20-6-2-4-17-20/h2,4,6-9,11H,1,3,5,10H2/t11-/m1/s1. The first-order valence-corrected chi connectivity index (χ1v) is 8.35. The predicted molar refractivity (Wildman–Crippen MR) is 85.7 cm³/mol. The van der Waals surface area contributed by atoms with Crippen molar-refractivity contribution >= 4 is 22.2 Å². The SMILES string of the molecule is O=C(c1cnc2sccn2c1=O)N1CCC[C@@H](n2cccn2)C1. The van der Waals surface area contributed by atoms with Gasteiger partial charge in [0.15, 0.2) is 4.96 Å². The molecule has 1 amide bonds. The minimum Gasteiger partial charge on any atom is -0.336 e. The van der Waals surface area contributed by atoms with Crippen LogP contribution in [0.5, 0.6) is 0 Å². The van der Waals surface area contributed by atoms with Crippen LogP contribution in [0.25, 0.3) is 4.96 Å². The highest BCUT2D eigenvalue weighted by atomic mass is 32.1. The van der Waals surface area contributed by atoms with Crippen LogP contribution in [0.3, 0.4) is 0 Å². The van der Waals surface area contributed by atoms with E-state index in [-0.39, 0.29) is 23.1 Å². The number of nitrogens with zero attached hydrogens (tertiary/aromatic N) is 5. The van der Waals surface area contributed by atoms with Crippen molar-refractivity contribution in [3.05, 3.63) is 52.2 Å². The van der Waals surface area contributed by atoms with E-state index in [1.165, 1.54) is 21.9 Å². The first-order valence-electron chi connectivity index (χ1n) is 7.47. The maximum absolute atomic E-state index is 12.7. The Morgan fingerprint density at radius 2 is 2.26 bits per heavy atom. The second-order valence-corrected chi connectivity index (χ2v) is 6.44. The van der Waals surface area contributed by atoms with Gasteiger partial charge in [-0.3, -0.25) is 18.7 Å². The van der Waals surface area contributed by atoms with Crippen molar-refractivity contribution in [3.8, 4) is 0 Å². The molecular weight excluding hydrogens is 314 g/mol. The minimum absolute atomic E-state index is 0.127. The fourth-order valence-electron chi connectivity index (χ4n) is 2.99. The molecule has 1 fully saturated rings. The third kappa shape index (κ3) is 2.44. The largest absolute Gasteiger partial charge is 0.336 e. The van der Waals surface area contributed by atoms with E-state index in [4.69, 9.17) is 0 Å². The number of hydrogen-bond donors (Lipinski definition) is 0. The molecule has 8 heteroatoms. The molecule has 4 rings (SSSR count). The summed E-state index contributed by atoms with van der Waals surface area (Å²) < 4.78 is 3.31. The summed E-state index contributed by atoms with van der Waals surface area (Å²) >= 11 is 1.37. The summed E-state index contributed by atoms with van der Waals surface area (Å²) in [6.07, 6.45) is 8.56. The van der Waals surface area contributed by atoms with Crippen LogP contribution in [0.2, 0.25) is 0 Å². The van der Waals surface area contributed by atoms with Crippen LogP contribution in [0.15, 0.2) is 41.0 Å². The summed E-state index contributed by atoms with van der Waals surface area (Å²) in [5.41, 5.74) is -0.176. The number of carbonyl (C=O) groups excluding carboxylic acids is 1. The summed E-state index contributed by atoms with van der Waals surface area (Å²) in [6, 6.07) is 2.03. The monoisotopic (exact) mass is 329 g/mol. The average Bonchev–Trinajstić information content (AvgIpc) is 3.26. The third-order valence-corrected chi connectivity index (χ3v) is 4.93. The predicted octanol–water partition coefficient (Wildman–Crippen LogP) is 1.43. The van der Waals surface area contributed by atoms with Crippen molar-refractivity contribution in [1.82, 2.24) is 24.1 Å². The number of aromatic nitrogens is 4. The second kappa shape index (κ2) is 5.62. The number of amides is 1. The van der Waals surface area contributed by atoms with Gasteiger partial charge in [0.1, 0.15) is 5.56 Å². The molecule has 0 aromatic carbocycles. The zero-order chi connectivity index (χ0) is 15.8. The molecule has 0 radical (unpaired) electrons. The van der Waals surface area contributed by atoms with Crippen molar-refractivity contribution in [2.75, 3.05) is 13.1 Å². The third-order valence-electron chi connectivity index (χ3n) is 4.16. The molecule has 3 aromatic rings. The minimum atomic E-state index is -0.303. The molecule has 23 heavy (non-hydrogen) atoms. The van der Waals surface area contributed by atoms with Gasteiger partial charge in [0.05, 0.1) is 6.04 Å². The van der Waals surface area contributed by atoms with Crippen LogP contribution >= 0.6 is 11.3 Å². The Balaban J connectivity index is 1.62. The summed E-state index contributed by atoms with van der Waals surface area (Å²) in [5.74, 6) is -0.250. The van der Waals surface area contributed by atoms with E-state index >= 15 is 0 Å². The highest BCUT2D eigenvalue weighted by Gasteiger charge is 2.27. The van der Waals surface area contributed by atoms with Crippen LogP contribution in [-0.4, -0.2) is 43.1 Å². The van der Waals surface area contributed by atoms with Crippen LogP contribution in [0, 0.1) is 0 Å². The van der Waals surface area contributed by atoms with Crippen molar-refractivity contribution in [2.24, 2.45) is 0 Å². The van der Waals surface area contributed by atoms with Crippen LogP contribution in [0.1, 0.15) is 29.2 Å². The zero-order valence-corrected chi connectivity index (χ0v) is 13.1. The Morgan fingerprint density at radius 3 is 3.09 bits per heavy atom. The van der Waals surface area contributed by atoms with Crippen molar-refractivity contribution in [3.63, 3.8) is 0 Å². The van der Waals surface area contributed by atoms with Crippen molar-refractivity contribution < 1.29 is 4.79 Å². The van der Waals surface area contributed by atoms with Gasteiger partial charge in [-0.25, -0.2) is 4.98 Å². The molecule has 4 heterocycles. The van der Waals surface area contributed by atoms with Crippen LogP contribution in [0.4, 0.5) is 0 Å². The van der Waals surface area contributed by atoms with Crippen LogP contribution < -0.4 is 5.56 Å². The molecule has 7 nitrogen and oxygen atoms in total. The number of likely N-dealkylation sites (tertiary alicyclic amines) is 1. The molecule has 1 saturated heterocycles. The number of carbonyl (C=O) groups is 1. The molecule has 0 aliphatic carbocycles. The van der Waals surface area contributed by atoms with E-state index in [9.17, 15) is 9.59 Å². The lowest BCUT2D eigenvalue weighted by Gasteiger charge is -2.32. The Morgan fingerprint density at radius 1 is 1.35 bits per heavy atom. The van der Waals surface area contributed by atoms with Gasteiger partial charge in [0.2, 0.25) is 0 Å². The van der Waals surface area contributed by atoms with E-state index in [0.717, 1.165) is 12.8 Å². The molecule has 0 N–H and O–H groups in total. The first-order chi connectivity index (χ1) is 11.2. The van der Waals surface area contributed by atoms with Crippen LogP contribution in [-0.2, 0) is 0 Å². The lowest BCUT2D eigenvalue weighted by molar-refractivity contribution is 0.0670. The molecule has 1 atom stereocenters. The van der Waals surface area contributed by atoms with Gasteiger partial charge < -0.3 is 4.90 Å². The average molecular weight is 329 g/mol. The van der Waals surface area contributed by atoms with Gasteiger partial charge >= 0.3 is 0 Å². The summed E-state index contributed by atoms with van der Waals surface area (Å²) in [5, 5.41) is 6.04. The van der Waals surface area contributed by atoms with E-state index in [1.54, 1.807) is 22.7 Å². The smallest absolute Gasteiger partial charge is 0.271 e. The maximum atomic E-state index is 12.7. The van der Waals surface area contributed by atoms with Gasteiger partial charge in [-0.2, -0.15) is 5.10 Å². The lowest BCUT2D eigenvalue weighted by atomic mass is 10.1. The number of fused-ring (bicyclic) bond motifs is 1. The van der Waals surface area contributed by atoms with E-state index in [0.29, 0.717) is 18.1 Å². The number of thiazole rings is 1. The number of piperidine rings is 1. The normalized spacial score (nSPS) is 18.4. The summed E-state index contributed by atoms with van der Waals surface area (Å²) in [7, 11) is 0. The van der Waals surface area contributed by atoms with E-state index < -0.39 is 0 Å². The number of hydrogen-bond acceptors (Lipinski definition) is 5. The zero-order valence-electron chi connectivity index (χ0n) is 12.3. The quantitative estimate of drug-likeness (QED) is 0.713.